The van der Waals surface area contributed by atoms with Crippen LogP contribution >= 0.6 is 15.9 Å². The Kier molecular flexibility index (Phi) is 3.72. The summed E-state index contributed by atoms with van der Waals surface area (Å²) in [4.78, 5) is 23.7. The van der Waals surface area contributed by atoms with Crippen LogP contribution in [-0.4, -0.2) is 21.3 Å². The Morgan fingerprint density at radius 2 is 1.78 bits per heavy atom. The molecule has 2 rings (SSSR count). The maximum absolute atomic E-state index is 11.9. The lowest BCUT2D eigenvalue weighted by atomic mass is 10.0. The molecule has 0 N–H and O–H groups in total. The molecule has 0 bridgehead atoms. The Balaban J connectivity index is 2.08. The van der Waals surface area contributed by atoms with Crippen molar-refractivity contribution in [2.75, 3.05) is 0 Å². The Labute approximate surface area is 113 Å². The third-order valence-electron chi connectivity index (χ3n) is 2.51. The van der Waals surface area contributed by atoms with Gasteiger partial charge in [-0.05, 0) is 12.1 Å². The minimum atomic E-state index is -0.212. The van der Waals surface area contributed by atoms with Crippen LogP contribution < -0.4 is 0 Å². The van der Waals surface area contributed by atoms with Crippen LogP contribution in [0.25, 0.3) is 0 Å². The van der Waals surface area contributed by atoms with Gasteiger partial charge in [-0.2, -0.15) is 5.10 Å². The fourth-order valence-electron chi connectivity index (χ4n) is 1.55. The van der Waals surface area contributed by atoms with Gasteiger partial charge in [-0.3, -0.25) is 14.3 Å². The molecule has 0 aliphatic heterocycles. The standard InChI is InChI=1S/C13H11BrN2O2/c1-16-8-10(7-15-16)13(18)6-12(17)9-2-4-11(14)5-3-9/h2-5,7-8H,6H2,1H3. The predicted molar refractivity (Wildman–Crippen MR) is 70.6 cm³/mol. The molecule has 0 saturated heterocycles. The summed E-state index contributed by atoms with van der Waals surface area (Å²) in [5, 5.41) is 3.91. The van der Waals surface area contributed by atoms with E-state index in [9.17, 15) is 9.59 Å². The SMILES string of the molecule is Cn1cc(C(=O)CC(=O)c2ccc(Br)cc2)cn1. The van der Waals surface area contributed by atoms with Crippen molar-refractivity contribution >= 4 is 27.5 Å². The second-order valence-corrected chi connectivity index (χ2v) is 4.85. The van der Waals surface area contributed by atoms with Gasteiger partial charge in [0.25, 0.3) is 0 Å². The highest BCUT2D eigenvalue weighted by molar-refractivity contribution is 9.10. The van der Waals surface area contributed by atoms with E-state index in [2.05, 4.69) is 21.0 Å². The van der Waals surface area contributed by atoms with Gasteiger partial charge in [-0.25, -0.2) is 0 Å². The number of carbonyl (C=O) groups excluding carboxylic acids is 2. The Morgan fingerprint density at radius 1 is 1.17 bits per heavy atom. The van der Waals surface area contributed by atoms with E-state index in [0.717, 1.165) is 4.47 Å². The van der Waals surface area contributed by atoms with E-state index >= 15 is 0 Å². The minimum absolute atomic E-state index is 0.132. The number of rotatable bonds is 4. The number of aromatic nitrogens is 2. The van der Waals surface area contributed by atoms with Crippen molar-refractivity contribution in [1.29, 1.82) is 0 Å². The van der Waals surface area contributed by atoms with Crippen LogP contribution in [0.4, 0.5) is 0 Å². The summed E-state index contributed by atoms with van der Waals surface area (Å²) in [5.41, 5.74) is 0.999. The molecule has 0 aliphatic rings. The zero-order chi connectivity index (χ0) is 13.1. The zero-order valence-corrected chi connectivity index (χ0v) is 11.3. The van der Waals surface area contributed by atoms with Crippen LogP contribution in [0.5, 0.6) is 0 Å². The average Bonchev–Trinajstić information content (AvgIpc) is 2.76. The topological polar surface area (TPSA) is 52.0 Å². The lowest BCUT2D eigenvalue weighted by molar-refractivity contribution is 0.0894. The monoisotopic (exact) mass is 306 g/mol. The van der Waals surface area contributed by atoms with Crippen LogP contribution in [0.3, 0.4) is 0 Å². The van der Waals surface area contributed by atoms with Crippen molar-refractivity contribution in [3.05, 3.63) is 52.3 Å². The Morgan fingerprint density at radius 3 is 2.33 bits per heavy atom. The molecular weight excluding hydrogens is 296 g/mol. The lowest BCUT2D eigenvalue weighted by Gasteiger charge is -1.99. The number of carbonyl (C=O) groups is 2. The molecule has 0 saturated carbocycles. The molecule has 1 heterocycles. The predicted octanol–water partition coefficient (Wildman–Crippen LogP) is 2.64. The van der Waals surface area contributed by atoms with Gasteiger partial charge < -0.3 is 0 Å². The van der Waals surface area contributed by atoms with Crippen LogP contribution in [0.15, 0.2) is 41.1 Å². The van der Waals surface area contributed by atoms with E-state index in [-0.39, 0.29) is 18.0 Å². The average molecular weight is 307 g/mol. The summed E-state index contributed by atoms with van der Waals surface area (Å²) in [6, 6.07) is 6.95. The zero-order valence-electron chi connectivity index (χ0n) is 9.76. The summed E-state index contributed by atoms with van der Waals surface area (Å²) >= 11 is 3.30. The first-order valence-corrected chi connectivity index (χ1v) is 6.16. The number of ketones is 2. The van der Waals surface area contributed by atoms with Crippen LogP contribution in [0, 0.1) is 0 Å². The van der Waals surface area contributed by atoms with Crippen molar-refractivity contribution in [3.63, 3.8) is 0 Å². The number of hydrogen-bond acceptors (Lipinski definition) is 3. The lowest BCUT2D eigenvalue weighted by Crippen LogP contribution is -2.08. The summed E-state index contributed by atoms with van der Waals surface area (Å²) in [6.07, 6.45) is 2.95. The first-order chi connectivity index (χ1) is 8.56. The van der Waals surface area contributed by atoms with Crippen LogP contribution in [0.2, 0.25) is 0 Å². The second kappa shape index (κ2) is 5.27. The first-order valence-electron chi connectivity index (χ1n) is 5.37. The molecule has 0 spiro atoms. The molecule has 4 nitrogen and oxygen atoms in total. The summed E-state index contributed by atoms with van der Waals surface area (Å²) in [7, 11) is 1.73. The van der Waals surface area contributed by atoms with E-state index in [4.69, 9.17) is 0 Å². The van der Waals surface area contributed by atoms with Crippen molar-refractivity contribution < 1.29 is 9.59 Å². The summed E-state index contributed by atoms with van der Waals surface area (Å²) in [6.45, 7) is 0. The van der Waals surface area contributed by atoms with Crippen molar-refractivity contribution in [3.8, 4) is 0 Å². The number of nitrogens with zero attached hydrogens (tertiary/aromatic N) is 2. The fraction of sp³-hybridized carbons (Fsp3) is 0.154. The molecule has 0 aliphatic carbocycles. The highest BCUT2D eigenvalue weighted by Gasteiger charge is 2.14. The third kappa shape index (κ3) is 2.92. The molecule has 0 atom stereocenters. The highest BCUT2D eigenvalue weighted by atomic mass is 79.9. The van der Waals surface area contributed by atoms with Crippen LogP contribution in [-0.2, 0) is 7.05 Å². The van der Waals surface area contributed by atoms with E-state index < -0.39 is 0 Å². The van der Waals surface area contributed by atoms with Crippen molar-refractivity contribution in [2.45, 2.75) is 6.42 Å². The van der Waals surface area contributed by atoms with E-state index in [1.807, 2.05) is 0 Å². The van der Waals surface area contributed by atoms with E-state index in [1.165, 1.54) is 10.9 Å². The molecule has 5 heteroatoms. The van der Waals surface area contributed by atoms with Gasteiger partial charge >= 0.3 is 0 Å². The molecule has 92 valence electrons. The number of Topliss-reactive ketones (excluding diaryl/α,β-unsaturated/α-hetero) is 2. The second-order valence-electron chi connectivity index (χ2n) is 3.93. The normalized spacial score (nSPS) is 10.3. The molecule has 1 aromatic carbocycles. The van der Waals surface area contributed by atoms with Gasteiger partial charge in [0, 0.05) is 23.3 Å². The number of aryl methyl sites for hydroxylation is 1. The van der Waals surface area contributed by atoms with Gasteiger partial charge in [0.15, 0.2) is 11.6 Å². The number of hydrogen-bond donors (Lipinski definition) is 0. The van der Waals surface area contributed by atoms with Crippen molar-refractivity contribution in [2.24, 2.45) is 7.05 Å². The minimum Gasteiger partial charge on any atom is -0.294 e. The molecule has 1 aromatic heterocycles. The first kappa shape index (κ1) is 12.7. The maximum Gasteiger partial charge on any atom is 0.173 e. The Bertz CT molecular complexity index is 587. The largest absolute Gasteiger partial charge is 0.294 e. The van der Waals surface area contributed by atoms with Gasteiger partial charge in [0.1, 0.15) is 0 Å². The smallest absolute Gasteiger partial charge is 0.173 e. The van der Waals surface area contributed by atoms with Gasteiger partial charge in [0.2, 0.25) is 0 Å². The Hall–Kier alpha value is -1.75. The van der Waals surface area contributed by atoms with Gasteiger partial charge in [-0.15, -0.1) is 0 Å². The summed E-state index contributed by atoms with van der Waals surface area (Å²) < 4.78 is 2.44. The van der Waals surface area contributed by atoms with E-state index in [1.54, 1.807) is 37.5 Å². The van der Waals surface area contributed by atoms with Gasteiger partial charge in [-0.1, -0.05) is 28.1 Å². The third-order valence-corrected chi connectivity index (χ3v) is 3.04. The number of halogens is 1. The molecule has 0 fully saturated rings. The van der Waals surface area contributed by atoms with Crippen molar-refractivity contribution in [1.82, 2.24) is 9.78 Å². The molecule has 2 aromatic rings. The molecule has 0 radical (unpaired) electrons. The highest BCUT2D eigenvalue weighted by Crippen LogP contribution is 2.13. The van der Waals surface area contributed by atoms with E-state index in [0.29, 0.717) is 11.1 Å². The number of benzene rings is 1. The molecular formula is C13H11BrN2O2. The quantitative estimate of drug-likeness (QED) is 0.644. The van der Waals surface area contributed by atoms with Gasteiger partial charge in [0.05, 0.1) is 18.2 Å². The molecule has 0 unspecified atom stereocenters. The molecule has 18 heavy (non-hydrogen) atoms. The molecule has 0 amide bonds. The fourth-order valence-corrected chi connectivity index (χ4v) is 1.82. The van der Waals surface area contributed by atoms with Crippen LogP contribution in [0.1, 0.15) is 27.1 Å². The maximum atomic E-state index is 11.9. The summed E-state index contributed by atoms with van der Waals surface area (Å²) in [5.74, 6) is -0.396.